The van der Waals surface area contributed by atoms with E-state index in [0.717, 1.165) is 15.5 Å². The number of halogens is 2. The van der Waals surface area contributed by atoms with Crippen LogP contribution in [-0.2, 0) is 0 Å². The first kappa shape index (κ1) is 14.4. The lowest BCUT2D eigenvalue weighted by Crippen LogP contribution is -2.11. The van der Waals surface area contributed by atoms with E-state index in [1.165, 1.54) is 11.3 Å². The zero-order valence-corrected chi connectivity index (χ0v) is 13.9. The van der Waals surface area contributed by atoms with E-state index in [9.17, 15) is 4.79 Å². The number of aromatic nitrogens is 2. The smallest absolute Gasteiger partial charge is 0.286 e. The maximum Gasteiger partial charge on any atom is 0.286 e. The van der Waals surface area contributed by atoms with E-state index in [0.29, 0.717) is 15.8 Å². The second kappa shape index (κ2) is 6.44. The van der Waals surface area contributed by atoms with Crippen LogP contribution in [0.2, 0.25) is 0 Å². The van der Waals surface area contributed by atoms with E-state index < -0.39 is 0 Å². The zero-order chi connectivity index (χ0) is 13.8. The Kier molecular flexibility index (Phi) is 4.89. The Labute approximate surface area is 131 Å². The first-order chi connectivity index (χ1) is 9.10. The molecule has 0 aliphatic rings. The van der Waals surface area contributed by atoms with Gasteiger partial charge in [-0.25, -0.2) is 0 Å². The Balaban J connectivity index is 2.11. The summed E-state index contributed by atoms with van der Waals surface area (Å²) in [5.74, 6) is -0.273. The molecule has 0 bridgehead atoms. The monoisotopic (exact) mass is 404 g/mol. The van der Waals surface area contributed by atoms with Crippen LogP contribution in [0.3, 0.4) is 0 Å². The van der Waals surface area contributed by atoms with Crippen LogP contribution in [-0.4, -0.2) is 22.6 Å². The summed E-state index contributed by atoms with van der Waals surface area (Å²) in [5, 5.41) is 14.5. The first-order valence-corrected chi connectivity index (χ1v) is 7.84. The molecule has 0 saturated carbocycles. The quantitative estimate of drug-likeness (QED) is 0.812. The minimum absolute atomic E-state index is 0.273. The molecule has 2 aromatic rings. The molecule has 2 rings (SSSR count). The number of hydrogen-bond donors (Lipinski definition) is 2. The maximum atomic E-state index is 12.0. The minimum atomic E-state index is -0.273. The predicted molar refractivity (Wildman–Crippen MR) is 83.9 cm³/mol. The lowest BCUT2D eigenvalue weighted by molar-refractivity contribution is 0.102. The third-order valence-corrected chi connectivity index (χ3v) is 4.16. The lowest BCUT2D eigenvalue weighted by Gasteiger charge is -2.05. The Bertz CT molecular complexity index is 602. The molecule has 0 spiro atoms. The number of carbonyl (C=O) groups is 1. The number of anilines is 2. The number of nitrogens with one attached hydrogen (secondary N) is 2. The minimum Gasteiger partial charge on any atom is -0.360 e. The number of rotatable bonds is 4. The zero-order valence-electron chi connectivity index (χ0n) is 9.91. The van der Waals surface area contributed by atoms with E-state index in [1.54, 1.807) is 6.07 Å². The average molecular weight is 406 g/mol. The molecule has 1 amide bonds. The Morgan fingerprint density at radius 3 is 2.84 bits per heavy atom. The number of amides is 1. The highest BCUT2D eigenvalue weighted by atomic mass is 79.9. The molecule has 19 heavy (non-hydrogen) atoms. The molecule has 0 saturated heterocycles. The van der Waals surface area contributed by atoms with Gasteiger partial charge in [0.05, 0.1) is 5.69 Å². The fourth-order valence-corrected chi connectivity index (χ4v) is 3.16. The van der Waals surface area contributed by atoms with Gasteiger partial charge in [0, 0.05) is 15.5 Å². The maximum absolute atomic E-state index is 12.0. The van der Waals surface area contributed by atoms with Crippen molar-refractivity contribution in [3.05, 3.63) is 32.2 Å². The van der Waals surface area contributed by atoms with Gasteiger partial charge in [0.2, 0.25) is 10.1 Å². The number of hydrogen-bond acceptors (Lipinski definition) is 5. The molecule has 0 aliphatic heterocycles. The van der Waals surface area contributed by atoms with Crippen LogP contribution in [0.4, 0.5) is 10.8 Å². The molecule has 1 aromatic carbocycles. The lowest BCUT2D eigenvalue weighted by atomic mass is 10.3. The third kappa shape index (κ3) is 3.74. The summed E-state index contributed by atoms with van der Waals surface area (Å²) in [6, 6.07) is 5.52. The van der Waals surface area contributed by atoms with Crippen molar-refractivity contribution in [2.75, 3.05) is 17.2 Å². The average Bonchev–Trinajstić information content (AvgIpc) is 2.82. The molecule has 0 unspecified atom stereocenters. The van der Waals surface area contributed by atoms with Crippen molar-refractivity contribution in [1.82, 2.24) is 10.2 Å². The van der Waals surface area contributed by atoms with Crippen LogP contribution in [0, 0.1) is 0 Å². The van der Waals surface area contributed by atoms with Gasteiger partial charge in [-0.2, -0.15) is 0 Å². The summed E-state index contributed by atoms with van der Waals surface area (Å²) in [6.07, 6.45) is 0. The molecule has 2 N–H and O–H groups in total. The number of benzene rings is 1. The van der Waals surface area contributed by atoms with Gasteiger partial charge in [0.15, 0.2) is 0 Å². The molecular weight excluding hydrogens is 396 g/mol. The third-order valence-electron chi connectivity index (χ3n) is 2.13. The molecule has 0 atom stereocenters. The van der Waals surface area contributed by atoms with Crippen molar-refractivity contribution >= 4 is 59.9 Å². The predicted octanol–water partition coefficient (Wildman–Crippen LogP) is 3.75. The summed E-state index contributed by atoms with van der Waals surface area (Å²) in [6.45, 7) is 2.70. The Morgan fingerprint density at radius 2 is 2.16 bits per heavy atom. The summed E-state index contributed by atoms with van der Waals surface area (Å²) in [4.78, 5) is 12.0. The van der Waals surface area contributed by atoms with Crippen LogP contribution in [0.5, 0.6) is 0 Å². The van der Waals surface area contributed by atoms with Crippen LogP contribution in [0.25, 0.3) is 0 Å². The molecule has 0 radical (unpaired) electrons. The van der Waals surface area contributed by atoms with Gasteiger partial charge in [-0.1, -0.05) is 27.3 Å². The van der Waals surface area contributed by atoms with Crippen LogP contribution in [0.15, 0.2) is 27.1 Å². The second-order valence-corrected chi connectivity index (χ2v) is 6.27. The van der Waals surface area contributed by atoms with Gasteiger partial charge < -0.3 is 10.6 Å². The molecule has 0 fully saturated rings. The molecule has 1 aromatic heterocycles. The van der Waals surface area contributed by atoms with Crippen molar-refractivity contribution in [3.63, 3.8) is 0 Å². The van der Waals surface area contributed by atoms with Crippen molar-refractivity contribution in [2.24, 2.45) is 0 Å². The van der Waals surface area contributed by atoms with Gasteiger partial charge in [-0.05, 0) is 41.1 Å². The summed E-state index contributed by atoms with van der Waals surface area (Å²) < 4.78 is 1.73. The standard InChI is InChI=1S/C11H10Br2N4OS/c1-2-14-11-17-16-10(19-11)9(18)15-8-4-3-6(12)5-7(8)13/h3-5H,2H2,1H3,(H,14,17)(H,15,18). The van der Waals surface area contributed by atoms with Gasteiger partial charge in [0.25, 0.3) is 5.91 Å². The Hall–Kier alpha value is -0.990. The Morgan fingerprint density at radius 1 is 1.37 bits per heavy atom. The van der Waals surface area contributed by atoms with Crippen LogP contribution in [0.1, 0.15) is 16.7 Å². The van der Waals surface area contributed by atoms with Crippen LogP contribution >= 0.6 is 43.2 Å². The first-order valence-electron chi connectivity index (χ1n) is 5.44. The van der Waals surface area contributed by atoms with Gasteiger partial charge in [-0.15, -0.1) is 10.2 Å². The van der Waals surface area contributed by atoms with Gasteiger partial charge in [0.1, 0.15) is 0 Å². The highest BCUT2D eigenvalue weighted by Crippen LogP contribution is 2.27. The van der Waals surface area contributed by atoms with E-state index in [1.807, 2.05) is 19.1 Å². The highest BCUT2D eigenvalue weighted by Gasteiger charge is 2.14. The van der Waals surface area contributed by atoms with Gasteiger partial charge in [-0.3, -0.25) is 4.79 Å². The second-order valence-electron chi connectivity index (χ2n) is 3.52. The summed E-state index contributed by atoms with van der Waals surface area (Å²) >= 11 is 7.97. The fourth-order valence-electron chi connectivity index (χ4n) is 1.30. The van der Waals surface area contributed by atoms with Crippen molar-refractivity contribution < 1.29 is 4.79 Å². The molecule has 1 heterocycles. The molecule has 5 nitrogen and oxygen atoms in total. The molecule has 0 aliphatic carbocycles. The number of carbonyl (C=O) groups excluding carboxylic acids is 1. The van der Waals surface area contributed by atoms with Crippen LogP contribution < -0.4 is 10.6 Å². The SMILES string of the molecule is CCNc1nnc(C(=O)Nc2ccc(Br)cc2Br)s1. The molecular formula is C11H10Br2N4OS. The topological polar surface area (TPSA) is 66.9 Å². The largest absolute Gasteiger partial charge is 0.360 e. The fraction of sp³-hybridized carbons (Fsp3) is 0.182. The number of nitrogens with zero attached hydrogens (tertiary/aromatic N) is 2. The highest BCUT2D eigenvalue weighted by molar-refractivity contribution is 9.11. The van der Waals surface area contributed by atoms with E-state index >= 15 is 0 Å². The van der Waals surface area contributed by atoms with Crippen molar-refractivity contribution in [2.45, 2.75) is 6.92 Å². The normalized spacial score (nSPS) is 10.3. The van der Waals surface area contributed by atoms with Gasteiger partial charge >= 0.3 is 0 Å². The van der Waals surface area contributed by atoms with Crippen molar-refractivity contribution in [3.8, 4) is 0 Å². The van der Waals surface area contributed by atoms with E-state index in [4.69, 9.17) is 0 Å². The molecule has 100 valence electrons. The molecule has 8 heteroatoms. The van der Waals surface area contributed by atoms with E-state index in [-0.39, 0.29) is 5.91 Å². The van der Waals surface area contributed by atoms with E-state index in [2.05, 4.69) is 52.7 Å². The van der Waals surface area contributed by atoms with Crippen molar-refractivity contribution in [1.29, 1.82) is 0 Å². The summed E-state index contributed by atoms with van der Waals surface area (Å²) in [5.41, 5.74) is 0.688. The summed E-state index contributed by atoms with van der Waals surface area (Å²) in [7, 11) is 0.